The lowest BCUT2D eigenvalue weighted by atomic mass is 9.88. The van der Waals surface area contributed by atoms with Crippen LogP contribution < -0.4 is 10.6 Å². The van der Waals surface area contributed by atoms with E-state index in [1.807, 2.05) is 42.5 Å². The number of hydrogen-bond donors (Lipinski definition) is 2. The zero-order valence-electron chi connectivity index (χ0n) is 16.2. The highest BCUT2D eigenvalue weighted by Crippen LogP contribution is 2.34. The average Bonchev–Trinajstić information content (AvgIpc) is 3.27. The van der Waals surface area contributed by atoms with E-state index < -0.39 is 35.5 Å². The summed E-state index contributed by atoms with van der Waals surface area (Å²) in [4.78, 5) is 39.2. The minimum absolute atomic E-state index is 0.408. The summed E-state index contributed by atoms with van der Waals surface area (Å²) in [5, 5.41) is 16.8. The van der Waals surface area contributed by atoms with Crippen LogP contribution in [0.1, 0.15) is 38.2 Å². The first kappa shape index (κ1) is 18.9. The maximum absolute atomic E-state index is 13.2. The maximum Gasteiger partial charge on any atom is 0.325 e. The van der Waals surface area contributed by atoms with Crippen LogP contribution in [0.5, 0.6) is 0 Å². The van der Waals surface area contributed by atoms with Gasteiger partial charge in [-0.05, 0) is 48.9 Å². The van der Waals surface area contributed by atoms with Crippen molar-refractivity contribution in [2.45, 2.75) is 43.7 Å². The highest BCUT2D eigenvalue weighted by atomic mass is 16.2. The van der Waals surface area contributed by atoms with Gasteiger partial charge >= 0.3 is 6.03 Å². The Balaban J connectivity index is 1.59. The van der Waals surface area contributed by atoms with Crippen molar-refractivity contribution in [2.24, 2.45) is 0 Å². The molecule has 4 amide bonds. The number of nitriles is 1. The SMILES string of the molecule is CC1(c2cccc3ccccc23)NC(=O)N(CC(=O)NC2(C#N)CCCC2)C1=O. The van der Waals surface area contributed by atoms with Gasteiger partial charge in [0.05, 0.1) is 6.07 Å². The predicted molar refractivity (Wildman–Crippen MR) is 106 cm³/mol. The fraction of sp³-hybridized carbons (Fsp3) is 0.364. The van der Waals surface area contributed by atoms with Crippen LogP contribution in [0.3, 0.4) is 0 Å². The number of amides is 4. The molecule has 7 nitrogen and oxygen atoms in total. The molecule has 2 aromatic carbocycles. The Bertz CT molecular complexity index is 1050. The second kappa shape index (κ2) is 6.89. The van der Waals surface area contributed by atoms with Gasteiger partial charge < -0.3 is 10.6 Å². The monoisotopic (exact) mass is 390 g/mol. The lowest BCUT2D eigenvalue weighted by Gasteiger charge is -2.25. The van der Waals surface area contributed by atoms with Gasteiger partial charge in [-0.25, -0.2) is 4.79 Å². The van der Waals surface area contributed by atoms with Gasteiger partial charge in [-0.3, -0.25) is 14.5 Å². The van der Waals surface area contributed by atoms with Crippen molar-refractivity contribution in [1.29, 1.82) is 5.26 Å². The molecule has 1 aliphatic carbocycles. The van der Waals surface area contributed by atoms with E-state index in [0.717, 1.165) is 28.5 Å². The minimum Gasteiger partial charge on any atom is -0.336 e. The highest BCUT2D eigenvalue weighted by Gasteiger charge is 2.50. The van der Waals surface area contributed by atoms with Crippen LogP contribution in [0.25, 0.3) is 10.8 Å². The number of urea groups is 1. The van der Waals surface area contributed by atoms with Crippen molar-refractivity contribution >= 4 is 28.6 Å². The van der Waals surface area contributed by atoms with Gasteiger partial charge in [-0.2, -0.15) is 5.26 Å². The second-order valence-corrected chi connectivity index (χ2v) is 7.92. The number of imide groups is 1. The van der Waals surface area contributed by atoms with E-state index in [0.29, 0.717) is 18.4 Å². The molecule has 0 spiro atoms. The van der Waals surface area contributed by atoms with Crippen LogP contribution in [0.15, 0.2) is 42.5 Å². The largest absolute Gasteiger partial charge is 0.336 e. The van der Waals surface area contributed by atoms with Crippen molar-refractivity contribution < 1.29 is 14.4 Å². The molecule has 1 saturated heterocycles. The summed E-state index contributed by atoms with van der Waals surface area (Å²) in [6, 6.07) is 14.8. The molecule has 148 valence electrons. The number of rotatable bonds is 4. The van der Waals surface area contributed by atoms with Crippen LogP contribution in [0.2, 0.25) is 0 Å². The first-order valence-corrected chi connectivity index (χ1v) is 9.73. The third-order valence-corrected chi connectivity index (χ3v) is 5.95. The summed E-state index contributed by atoms with van der Waals surface area (Å²) in [6.45, 7) is 1.25. The molecule has 1 aliphatic heterocycles. The van der Waals surface area contributed by atoms with E-state index in [4.69, 9.17) is 0 Å². The molecule has 2 aliphatic rings. The molecular formula is C22H22N4O3. The van der Waals surface area contributed by atoms with Crippen molar-refractivity contribution in [3.05, 3.63) is 48.0 Å². The Labute approximate surface area is 168 Å². The van der Waals surface area contributed by atoms with E-state index in [9.17, 15) is 19.6 Å². The summed E-state index contributed by atoms with van der Waals surface area (Å²) >= 11 is 0. The van der Waals surface area contributed by atoms with Gasteiger partial charge in [0.15, 0.2) is 0 Å². The number of nitrogens with zero attached hydrogens (tertiary/aromatic N) is 2. The standard InChI is InChI=1S/C22H22N4O3/c1-21(17-10-6-8-15-7-2-3-9-16(15)17)19(28)26(20(29)25-21)13-18(27)24-22(14-23)11-4-5-12-22/h2-3,6-10H,4-5,11-13H2,1H3,(H,24,27)(H,25,29). The van der Waals surface area contributed by atoms with E-state index in [-0.39, 0.29) is 0 Å². The fourth-order valence-electron chi connectivity index (χ4n) is 4.38. The number of benzene rings is 2. The molecule has 2 N–H and O–H groups in total. The quantitative estimate of drug-likeness (QED) is 0.783. The predicted octanol–water partition coefficient (Wildman–Crippen LogP) is 2.56. The summed E-state index contributed by atoms with van der Waals surface area (Å²) in [7, 11) is 0. The zero-order valence-corrected chi connectivity index (χ0v) is 16.2. The maximum atomic E-state index is 13.2. The van der Waals surface area contributed by atoms with E-state index in [1.54, 1.807) is 6.92 Å². The molecule has 0 radical (unpaired) electrons. The number of carbonyl (C=O) groups excluding carboxylic acids is 3. The van der Waals surface area contributed by atoms with Crippen LogP contribution in [0, 0.1) is 11.3 Å². The molecule has 1 saturated carbocycles. The van der Waals surface area contributed by atoms with Gasteiger partial charge in [-0.15, -0.1) is 0 Å². The van der Waals surface area contributed by atoms with E-state index in [1.165, 1.54) is 0 Å². The topological polar surface area (TPSA) is 102 Å². The summed E-state index contributed by atoms with van der Waals surface area (Å²) in [6.07, 6.45) is 2.92. The molecular weight excluding hydrogens is 368 g/mol. The Morgan fingerprint density at radius 2 is 1.86 bits per heavy atom. The van der Waals surface area contributed by atoms with Crippen LogP contribution in [0.4, 0.5) is 4.79 Å². The average molecular weight is 390 g/mol. The van der Waals surface area contributed by atoms with Gasteiger partial charge in [0.25, 0.3) is 5.91 Å². The lowest BCUT2D eigenvalue weighted by molar-refractivity contribution is -0.135. The zero-order chi connectivity index (χ0) is 20.6. The number of hydrogen-bond acceptors (Lipinski definition) is 4. The first-order chi connectivity index (χ1) is 13.9. The normalized spacial score (nSPS) is 23.1. The summed E-state index contributed by atoms with van der Waals surface area (Å²) in [5.41, 5.74) is -1.48. The van der Waals surface area contributed by atoms with Gasteiger partial charge in [-0.1, -0.05) is 42.5 Å². The molecule has 29 heavy (non-hydrogen) atoms. The molecule has 1 unspecified atom stereocenters. The number of nitrogens with one attached hydrogen (secondary N) is 2. The summed E-state index contributed by atoms with van der Waals surface area (Å²) < 4.78 is 0. The molecule has 1 atom stereocenters. The second-order valence-electron chi connectivity index (χ2n) is 7.92. The van der Waals surface area contributed by atoms with Crippen LogP contribution in [-0.4, -0.2) is 34.8 Å². The van der Waals surface area contributed by atoms with Gasteiger partial charge in [0.1, 0.15) is 17.6 Å². The Morgan fingerprint density at radius 1 is 1.17 bits per heavy atom. The number of fused-ring (bicyclic) bond motifs is 1. The molecule has 4 rings (SSSR count). The number of carbonyl (C=O) groups is 3. The van der Waals surface area contributed by atoms with Crippen molar-refractivity contribution in [3.63, 3.8) is 0 Å². The first-order valence-electron chi connectivity index (χ1n) is 9.73. The van der Waals surface area contributed by atoms with Crippen molar-refractivity contribution in [3.8, 4) is 6.07 Å². The van der Waals surface area contributed by atoms with E-state index >= 15 is 0 Å². The third kappa shape index (κ3) is 3.11. The van der Waals surface area contributed by atoms with Crippen molar-refractivity contribution in [1.82, 2.24) is 15.5 Å². The molecule has 0 bridgehead atoms. The third-order valence-electron chi connectivity index (χ3n) is 5.95. The smallest absolute Gasteiger partial charge is 0.325 e. The fourth-order valence-corrected chi connectivity index (χ4v) is 4.38. The lowest BCUT2D eigenvalue weighted by Crippen LogP contribution is -2.50. The minimum atomic E-state index is -1.27. The van der Waals surface area contributed by atoms with Gasteiger partial charge in [0.2, 0.25) is 5.91 Å². The molecule has 0 aromatic heterocycles. The molecule has 2 aromatic rings. The Kier molecular flexibility index (Phi) is 4.50. The van der Waals surface area contributed by atoms with Crippen LogP contribution >= 0.6 is 0 Å². The molecule has 7 heteroatoms. The van der Waals surface area contributed by atoms with Gasteiger partial charge in [0, 0.05) is 0 Å². The van der Waals surface area contributed by atoms with Crippen molar-refractivity contribution in [2.75, 3.05) is 6.54 Å². The molecule has 2 fully saturated rings. The molecule has 1 heterocycles. The highest BCUT2D eigenvalue weighted by molar-refractivity contribution is 6.10. The Morgan fingerprint density at radius 3 is 2.59 bits per heavy atom. The van der Waals surface area contributed by atoms with Crippen LogP contribution in [-0.2, 0) is 15.1 Å². The van der Waals surface area contributed by atoms with E-state index in [2.05, 4.69) is 16.7 Å². The summed E-state index contributed by atoms with van der Waals surface area (Å²) in [5.74, 6) is -0.981. The Hall–Kier alpha value is -3.40.